The van der Waals surface area contributed by atoms with Gasteiger partial charge in [0.05, 0.1) is 18.4 Å². The molecule has 3 rings (SSSR count). The van der Waals surface area contributed by atoms with Crippen LogP contribution in [-0.4, -0.2) is 36.3 Å². The summed E-state index contributed by atoms with van der Waals surface area (Å²) in [6, 6.07) is 15.6. The molecule has 0 aliphatic heterocycles. The Morgan fingerprint density at radius 1 is 1.03 bits per heavy atom. The minimum atomic E-state index is -0.406. The number of hydrogen-bond acceptors (Lipinski definition) is 9. The minimum absolute atomic E-state index is 0.0144. The molecule has 0 aliphatic carbocycles. The number of carbonyl (C=O) groups is 1. The number of benzene rings is 2. The number of nitriles is 1. The van der Waals surface area contributed by atoms with Crippen LogP contribution >= 0.6 is 0 Å². The van der Waals surface area contributed by atoms with E-state index in [9.17, 15) is 10.1 Å². The first kappa shape index (κ1) is 20.4. The van der Waals surface area contributed by atoms with Crippen molar-refractivity contribution >= 4 is 17.7 Å². The van der Waals surface area contributed by atoms with Crippen molar-refractivity contribution in [3.8, 4) is 28.8 Å². The molecule has 2 aromatic carbocycles. The standard InChI is InChI=1S/C21H19N5O4/c1-28-20(27)13-5-7-15(8-6-13)29-9-10-30-16-4-2-3-14(11-16)18-17(12-22)19(23)26-21(24)25-18/h2-8,11H,9-10H2,1H3,(H4,23,24,25,26). The molecule has 0 spiro atoms. The lowest BCUT2D eigenvalue weighted by atomic mass is 10.1. The molecular formula is C21H19N5O4. The maximum Gasteiger partial charge on any atom is 0.337 e. The molecule has 0 aliphatic rings. The Kier molecular flexibility index (Phi) is 6.29. The molecule has 3 aromatic rings. The number of esters is 1. The van der Waals surface area contributed by atoms with E-state index in [2.05, 4.69) is 14.7 Å². The molecule has 0 amide bonds. The van der Waals surface area contributed by atoms with Crippen molar-refractivity contribution in [3.63, 3.8) is 0 Å². The lowest BCUT2D eigenvalue weighted by molar-refractivity contribution is 0.0600. The van der Waals surface area contributed by atoms with E-state index < -0.39 is 5.97 Å². The number of anilines is 2. The summed E-state index contributed by atoms with van der Waals surface area (Å²) in [5.74, 6) is 0.774. The van der Waals surface area contributed by atoms with Gasteiger partial charge in [-0.2, -0.15) is 10.2 Å². The van der Waals surface area contributed by atoms with E-state index in [0.717, 1.165) is 0 Å². The second-order valence-corrected chi connectivity index (χ2v) is 6.04. The first-order chi connectivity index (χ1) is 14.5. The Labute approximate surface area is 172 Å². The highest BCUT2D eigenvalue weighted by atomic mass is 16.5. The topological polar surface area (TPSA) is 146 Å². The fourth-order valence-electron chi connectivity index (χ4n) is 2.67. The van der Waals surface area contributed by atoms with E-state index in [1.807, 2.05) is 6.07 Å². The summed E-state index contributed by atoms with van der Waals surface area (Å²) in [6.07, 6.45) is 0. The largest absolute Gasteiger partial charge is 0.490 e. The molecule has 4 N–H and O–H groups in total. The van der Waals surface area contributed by atoms with Crippen LogP contribution in [0.5, 0.6) is 11.5 Å². The first-order valence-electron chi connectivity index (χ1n) is 8.89. The van der Waals surface area contributed by atoms with E-state index in [4.69, 9.17) is 20.9 Å². The second kappa shape index (κ2) is 9.25. The molecule has 30 heavy (non-hydrogen) atoms. The zero-order valence-electron chi connectivity index (χ0n) is 16.2. The van der Waals surface area contributed by atoms with Crippen LogP contribution in [0.4, 0.5) is 11.8 Å². The van der Waals surface area contributed by atoms with Crippen LogP contribution in [0.3, 0.4) is 0 Å². The molecule has 0 saturated heterocycles. The molecule has 9 heteroatoms. The zero-order chi connectivity index (χ0) is 21.5. The van der Waals surface area contributed by atoms with Gasteiger partial charge in [0, 0.05) is 5.56 Å². The van der Waals surface area contributed by atoms with Crippen LogP contribution < -0.4 is 20.9 Å². The monoisotopic (exact) mass is 405 g/mol. The van der Waals surface area contributed by atoms with Gasteiger partial charge >= 0.3 is 5.97 Å². The molecule has 0 radical (unpaired) electrons. The SMILES string of the molecule is COC(=O)c1ccc(OCCOc2cccc(-c3nc(N)nc(N)c3C#N)c2)cc1. The molecule has 9 nitrogen and oxygen atoms in total. The van der Waals surface area contributed by atoms with Crippen molar-refractivity contribution in [2.45, 2.75) is 0 Å². The highest BCUT2D eigenvalue weighted by Gasteiger charge is 2.13. The van der Waals surface area contributed by atoms with E-state index in [0.29, 0.717) is 34.9 Å². The van der Waals surface area contributed by atoms with Gasteiger partial charge in [0.25, 0.3) is 0 Å². The summed E-state index contributed by atoms with van der Waals surface area (Å²) in [5.41, 5.74) is 13.0. The van der Waals surface area contributed by atoms with Gasteiger partial charge < -0.3 is 25.7 Å². The van der Waals surface area contributed by atoms with Crippen LogP contribution in [0.2, 0.25) is 0 Å². The smallest absolute Gasteiger partial charge is 0.337 e. The number of ether oxygens (including phenoxy) is 3. The van der Waals surface area contributed by atoms with Crippen LogP contribution in [0.1, 0.15) is 15.9 Å². The van der Waals surface area contributed by atoms with Crippen molar-refractivity contribution in [2.24, 2.45) is 0 Å². The summed E-state index contributed by atoms with van der Waals surface area (Å²) >= 11 is 0. The van der Waals surface area contributed by atoms with Gasteiger partial charge in [0.2, 0.25) is 5.95 Å². The summed E-state index contributed by atoms with van der Waals surface area (Å²) < 4.78 is 16.0. The fourth-order valence-corrected chi connectivity index (χ4v) is 2.67. The zero-order valence-corrected chi connectivity index (χ0v) is 16.2. The Morgan fingerprint density at radius 3 is 2.40 bits per heavy atom. The summed E-state index contributed by atoms with van der Waals surface area (Å²) in [4.78, 5) is 19.4. The molecule has 0 saturated carbocycles. The predicted octanol–water partition coefficient (Wildman–Crippen LogP) is 2.42. The van der Waals surface area contributed by atoms with Crippen molar-refractivity contribution < 1.29 is 19.0 Å². The predicted molar refractivity (Wildman–Crippen MR) is 110 cm³/mol. The molecule has 0 fully saturated rings. The molecular weight excluding hydrogens is 386 g/mol. The maximum absolute atomic E-state index is 11.4. The van der Waals surface area contributed by atoms with Crippen molar-refractivity contribution in [2.75, 3.05) is 31.8 Å². The molecule has 0 unspecified atom stereocenters. The third-order valence-electron chi connectivity index (χ3n) is 4.07. The Morgan fingerprint density at radius 2 is 1.73 bits per heavy atom. The quantitative estimate of drug-likeness (QED) is 0.447. The lowest BCUT2D eigenvalue weighted by Gasteiger charge is -2.11. The van der Waals surface area contributed by atoms with E-state index >= 15 is 0 Å². The maximum atomic E-state index is 11.4. The third-order valence-corrected chi connectivity index (χ3v) is 4.07. The van der Waals surface area contributed by atoms with Crippen molar-refractivity contribution in [3.05, 3.63) is 59.7 Å². The highest BCUT2D eigenvalue weighted by Crippen LogP contribution is 2.28. The number of methoxy groups -OCH3 is 1. The Bertz CT molecular complexity index is 1090. The van der Waals surface area contributed by atoms with E-state index in [1.165, 1.54) is 7.11 Å². The first-order valence-corrected chi connectivity index (χ1v) is 8.89. The Balaban J connectivity index is 1.62. The summed E-state index contributed by atoms with van der Waals surface area (Å²) in [7, 11) is 1.33. The van der Waals surface area contributed by atoms with Gasteiger partial charge in [0.1, 0.15) is 42.2 Å². The van der Waals surface area contributed by atoms with Crippen molar-refractivity contribution in [1.82, 2.24) is 9.97 Å². The van der Waals surface area contributed by atoms with Crippen molar-refractivity contribution in [1.29, 1.82) is 5.26 Å². The van der Waals surface area contributed by atoms with Gasteiger partial charge in [-0.15, -0.1) is 0 Å². The van der Waals surface area contributed by atoms with E-state index in [1.54, 1.807) is 48.5 Å². The average molecular weight is 405 g/mol. The molecule has 0 bridgehead atoms. The van der Waals surface area contributed by atoms with E-state index in [-0.39, 0.29) is 23.9 Å². The highest BCUT2D eigenvalue weighted by molar-refractivity contribution is 5.89. The fraction of sp³-hybridized carbons (Fsp3) is 0.143. The van der Waals surface area contributed by atoms with Gasteiger partial charge in [-0.25, -0.2) is 9.78 Å². The van der Waals surface area contributed by atoms with Gasteiger partial charge in [0.15, 0.2) is 0 Å². The third kappa shape index (κ3) is 4.74. The van der Waals surface area contributed by atoms with Crippen LogP contribution in [-0.2, 0) is 4.74 Å². The van der Waals surface area contributed by atoms with Crippen LogP contribution in [0, 0.1) is 11.3 Å². The summed E-state index contributed by atoms with van der Waals surface area (Å²) in [6.45, 7) is 0.569. The normalized spacial score (nSPS) is 10.1. The molecule has 1 aromatic heterocycles. The molecule has 152 valence electrons. The van der Waals surface area contributed by atoms with Crippen LogP contribution in [0.15, 0.2) is 48.5 Å². The lowest BCUT2D eigenvalue weighted by Crippen LogP contribution is -2.09. The number of rotatable bonds is 7. The summed E-state index contributed by atoms with van der Waals surface area (Å²) in [5, 5.41) is 9.34. The minimum Gasteiger partial charge on any atom is -0.490 e. The molecule has 1 heterocycles. The second-order valence-electron chi connectivity index (χ2n) is 6.04. The van der Waals surface area contributed by atoms with Gasteiger partial charge in [-0.1, -0.05) is 12.1 Å². The number of aromatic nitrogens is 2. The average Bonchev–Trinajstić information content (AvgIpc) is 2.76. The number of carbonyl (C=O) groups excluding carboxylic acids is 1. The number of nitrogens with two attached hydrogens (primary N) is 2. The number of nitrogens with zero attached hydrogens (tertiary/aromatic N) is 3. The van der Waals surface area contributed by atoms with Crippen LogP contribution in [0.25, 0.3) is 11.3 Å². The van der Waals surface area contributed by atoms with Gasteiger partial charge in [-0.05, 0) is 36.4 Å². The molecule has 0 atom stereocenters. The number of nitrogen functional groups attached to an aromatic ring is 2. The Hall–Kier alpha value is -4.32. The van der Waals surface area contributed by atoms with Gasteiger partial charge in [-0.3, -0.25) is 0 Å². The number of hydrogen-bond donors (Lipinski definition) is 2.